The maximum absolute atomic E-state index is 11.9. The Morgan fingerprint density at radius 1 is 1.29 bits per heavy atom. The van der Waals surface area contributed by atoms with E-state index < -0.39 is 0 Å². The van der Waals surface area contributed by atoms with Crippen molar-refractivity contribution < 1.29 is 9.59 Å². The van der Waals surface area contributed by atoms with E-state index in [1.807, 2.05) is 25.3 Å². The van der Waals surface area contributed by atoms with Crippen LogP contribution in [0.25, 0.3) is 0 Å². The van der Waals surface area contributed by atoms with Crippen molar-refractivity contribution in [2.45, 2.75) is 20.4 Å². The van der Waals surface area contributed by atoms with Crippen molar-refractivity contribution in [2.24, 2.45) is 0 Å². The Morgan fingerprint density at radius 3 is 2.62 bits per heavy atom. The first-order valence-electron chi connectivity index (χ1n) is 6.24. The van der Waals surface area contributed by atoms with Gasteiger partial charge < -0.3 is 4.90 Å². The van der Waals surface area contributed by atoms with Crippen LogP contribution >= 0.6 is 22.7 Å². The van der Waals surface area contributed by atoms with Gasteiger partial charge in [-0.05, 0) is 26.0 Å². The zero-order chi connectivity index (χ0) is 15.4. The third kappa shape index (κ3) is 4.27. The van der Waals surface area contributed by atoms with E-state index in [-0.39, 0.29) is 11.9 Å². The molecule has 0 aromatic carbocycles. The molecule has 0 atom stereocenters. The topological polar surface area (TPSA) is 74.3 Å². The summed E-state index contributed by atoms with van der Waals surface area (Å²) in [4.78, 5) is 31.0. The van der Waals surface area contributed by atoms with E-state index in [0.29, 0.717) is 11.4 Å². The lowest BCUT2D eigenvalue weighted by Gasteiger charge is -2.16. The SMILES string of the molecule is Cc1ccc(C(=O)NNC(=O)N(C)Cc2csc(C)n2)s1. The number of aromatic nitrogens is 1. The maximum Gasteiger partial charge on any atom is 0.336 e. The minimum Gasteiger partial charge on any atom is -0.321 e. The molecule has 21 heavy (non-hydrogen) atoms. The van der Waals surface area contributed by atoms with Crippen molar-refractivity contribution in [1.29, 1.82) is 0 Å². The van der Waals surface area contributed by atoms with E-state index in [4.69, 9.17) is 0 Å². The van der Waals surface area contributed by atoms with E-state index in [2.05, 4.69) is 15.8 Å². The van der Waals surface area contributed by atoms with Gasteiger partial charge >= 0.3 is 6.03 Å². The van der Waals surface area contributed by atoms with Gasteiger partial charge in [0, 0.05) is 17.3 Å². The van der Waals surface area contributed by atoms with Crippen LogP contribution in [-0.2, 0) is 6.54 Å². The molecule has 2 N–H and O–H groups in total. The van der Waals surface area contributed by atoms with Gasteiger partial charge in [-0.2, -0.15) is 0 Å². The number of rotatable bonds is 3. The second-order valence-electron chi connectivity index (χ2n) is 4.51. The Bertz CT molecular complexity index is 650. The molecule has 0 aliphatic rings. The molecule has 2 rings (SSSR count). The fraction of sp³-hybridized carbons (Fsp3) is 0.308. The number of hydrazine groups is 1. The normalized spacial score (nSPS) is 10.2. The molecule has 0 saturated heterocycles. The highest BCUT2D eigenvalue weighted by Crippen LogP contribution is 2.14. The van der Waals surface area contributed by atoms with Gasteiger partial charge in [0.05, 0.1) is 22.1 Å². The predicted molar refractivity (Wildman–Crippen MR) is 83.4 cm³/mol. The molecular formula is C13H16N4O2S2. The predicted octanol–water partition coefficient (Wildman–Crippen LogP) is 2.31. The second kappa shape index (κ2) is 6.68. The zero-order valence-electron chi connectivity index (χ0n) is 12.0. The molecule has 6 nitrogen and oxygen atoms in total. The van der Waals surface area contributed by atoms with Crippen LogP contribution in [0, 0.1) is 13.8 Å². The Hall–Kier alpha value is -1.93. The summed E-state index contributed by atoms with van der Waals surface area (Å²) in [5.74, 6) is -0.320. The summed E-state index contributed by atoms with van der Waals surface area (Å²) < 4.78 is 0. The van der Waals surface area contributed by atoms with Gasteiger partial charge in [0.15, 0.2) is 0 Å². The zero-order valence-corrected chi connectivity index (χ0v) is 13.6. The van der Waals surface area contributed by atoms with E-state index in [1.165, 1.54) is 27.6 Å². The van der Waals surface area contributed by atoms with E-state index in [0.717, 1.165) is 15.6 Å². The van der Waals surface area contributed by atoms with Crippen LogP contribution in [0.2, 0.25) is 0 Å². The highest BCUT2D eigenvalue weighted by Gasteiger charge is 2.13. The summed E-state index contributed by atoms with van der Waals surface area (Å²) in [6.45, 7) is 4.23. The molecule has 0 bridgehead atoms. The lowest BCUT2D eigenvalue weighted by atomic mass is 10.4. The molecule has 8 heteroatoms. The number of thiophene rings is 1. The van der Waals surface area contributed by atoms with Crippen molar-refractivity contribution >= 4 is 34.6 Å². The second-order valence-corrected chi connectivity index (χ2v) is 6.86. The van der Waals surface area contributed by atoms with Gasteiger partial charge in [-0.3, -0.25) is 10.2 Å². The third-order valence-electron chi connectivity index (χ3n) is 2.66. The molecule has 3 amide bonds. The van der Waals surface area contributed by atoms with Crippen LogP contribution in [0.4, 0.5) is 4.79 Å². The standard InChI is InChI=1S/C13H16N4O2S2/c1-8-4-5-11(21-8)12(18)15-16-13(19)17(3)6-10-7-20-9(2)14-10/h4-5,7H,6H2,1-3H3,(H,15,18)(H,16,19). The number of hydrogen-bond donors (Lipinski definition) is 2. The molecule has 2 heterocycles. The molecule has 0 unspecified atom stereocenters. The van der Waals surface area contributed by atoms with Gasteiger partial charge in [-0.15, -0.1) is 22.7 Å². The smallest absolute Gasteiger partial charge is 0.321 e. The van der Waals surface area contributed by atoms with Crippen LogP contribution in [0.5, 0.6) is 0 Å². The Kier molecular flexibility index (Phi) is 4.92. The fourth-order valence-corrected chi connectivity index (χ4v) is 2.99. The van der Waals surface area contributed by atoms with Crippen molar-refractivity contribution in [3.63, 3.8) is 0 Å². The number of nitrogens with one attached hydrogen (secondary N) is 2. The molecule has 0 fully saturated rings. The number of nitrogens with zero attached hydrogens (tertiary/aromatic N) is 2. The van der Waals surface area contributed by atoms with Crippen LogP contribution in [0.15, 0.2) is 17.5 Å². The molecule has 0 aliphatic carbocycles. The number of hydrogen-bond acceptors (Lipinski definition) is 5. The summed E-state index contributed by atoms with van der Waals surface area (Å²) >= 11 is 2.91. The summed E-state index contributed by atoms with van der Waals surface area (Å²) in [6.07, 6.45) is 0. The molecule has 2 aromatic rings. The molecule has 2 aromatic heterocycles. The van der Waals surface area contributed by atoms with E-state index >= 15 is 0 Å². The van der Waals surface area contributed by atoms with Gasteiger partial charge in [0.25, 0.3) is 5.91 Å². The number of thiazole rings is 1. The van der Waals surface area contributed by atoms with Crippen LogP contribution in [0.1, 0.15) is 25.3 Å². The van der Waals surface area contributed by atoms with Crippen molar-refractivity contribution in [2.75, 3.05) is 7.05 Å². The largest absolute Gasteiger partial charge is 0.336 e. The van der Waals surface area contributed by atoms with Crippen LogP contribution in [-0.4, -0.2) is 28.9 Å². The highest BCUT2D eigenvalue weighted by molar-refractivity contribution is 7.13. The minimum atomic E-state index is -0.387. The summed E-state index contributed by atoms with van der Waals surface area (Å²) in [6, 6.07) is 3.20. The average Bonchev–Trinajstić information content (AvgIpc) is 3.04. The number of amides is 3. The fourth-order valence-electron chi connectivity index (χ4n) is 1.62. The number of urea groups is 1. The first-order valence-corrected chi connectivity index (χ1v) is 7.94. The van der Waals surface area contributed by atoms with Crippen molar-refractivity contribution in [3.05, 3.63) is 38.0 Å². The monoisotopic (exact) mass is 324 g/mol. The molecule has 0 aliphatic heterocycles. The number of carbonyl (C=O) groups excluding carboxylic acids is 2. The Balaban J connectivity index is 1.82. The first kappa shape index (κ1) is 15.5. The van der Waals surface area contributed by atoms with Crippen LogP contribution < -0.4 is 10.9 Å². The molecule has 0 spiro atoms. The van der Waals surface area contributed by atoms with Crippen LogP contribution in [0.3, 0.4) is 0 Å². The number of carbonyl (C=O) groups is 2. The summed E-state index contributed by atoms with van der Waals surface area (Å²) in [5, 5.41) is 2.87. The Morgan fingerprint density at radius 2 is 2.05 bits per heavy atom. The van der Waals surface area contributed by atoms with Gasteiger partial charge in [-0.1, -0.05) is 0 Å². The van der Waals surface area contributed by atoms with Crippen molar-refractivity contribution in [3.8, 4) is 0 Å². The van der Waals surface area contributed by atoms with E-state index in [9.17, 15) is 9.59 Å². The third-order valence-corrected chi connectivity index (χ3v) is 4.48. The quantitative estimate of drug-likeness (QED) is 0.851. The molecular weight excluding hydrogens is 308 g/mol. The molecule has 0 saturated carbocycles. The maximum atomic E-state index is 11.9. The summed E-state index contributed by atoms with van der Waals surface area (Å²) in [5.41, 5.74) is 5.61. The van der Waals surface area contributed by atoms with E-state index in [1.54, 1.807) is 13.1 Å². The molecule has 0 radical (unpaired) electrons. The summed E-state index contributed by atoms with van der Waals surface area (Å²) in [7, 11) is 1.64. The lowest BCUT2D eigenvalue weighted by molar-refractivity contribution is 0.0935. The van der Waals surface area contributed by atoms with Crippen molar-refractivity contribution in [1.82, 2.24) is 20.7 Å². The number of aryl methyl sites for hydroxylation is 2. The minimum absolute atomic E-state index is 0.320. The Labute approximate surface area is 130 Å². The first-order chi connectivity index (χ1) is 9.95. The average molecular weight is 324 g/mol. The van der Waals surface area contributed by atoms with Gasteiger partial charge in [0.1, 0.15) is 0 Å². The van der Waals surface area contributed by atoms with Gasteiger partial charge in [0.2, 0.25) is 0 Å². The van der Waals surface area contributed by atoms with Gasteiger partial charge in [-0.25, -0.2) is 15.2 Å². The highest BCUT2D eigenvalue weighted by atomic mass is 32.1. The molecule has 112 valence electrons. The lowest BCUT2D eigenvalue weighted by Crippen LogP contribution is -2.47.